The van der Waals surface area contributed by atoms with Crippen LogP contribution in [0.4, 0.5) is 0 Å². The van der Waals surface area contributed by atoms with Crippen LogP contribution in [0, 0.1) is 0 Å². The van der Waals surface area contributed by atoms with Crippen LogP contribution in [0.15, 0.2) is 6.33 Å². The van der Waals surface area contributed by atoms with Crippen LogP contribution >= 0.6 is 0 Å². The van der Waals surface area contributed by atoms with Gasteiger partial charge in [-0.15, -0.1) is 10.2 Å². The minimum absolute atomic E-state index is 0.286. The van der Waals surface area contributed by atoms with E-state index < -0.39 is 5.54 Å². The Bertz CT molecular complexity index is 459. The molecule has 2 heterocycles. The van der Waals surface area contributed by atoms with E-state index in [1.54, 1.807) is 6.33 Å². The third kappa shape index (κ3) is 3.34. The molecule has 2 rings (SSSR count). The minimum Gasteiger partial charge on any atom is -0.368 e. The normalized spacial score (nSPS) is 18.5. The van der Waals surface area contributed by atoms with E-state index in [-0.39, 0.29) is 5.91 Å². The van der Waals surface area contributed by atoms with Crippen LogP contribution in [-0.4, -0.2) is 50.7 Å². The van der Waals surface area contributed by atoms with E-state index in [1.807, 2.05) is 6.92 Å². The standard InChI is InChI=1S/C13H24N6O/c1-3-5-15-13(2,12(14)20)4-6-18-7-8-19-10-16-17-11(19)9-18/h10,15H,3-9H2,1-2H3,(H2,14,20). The van der Waals surface area contributed by atoms with Gasteiger partial charge in [-0.1, -0.05) is 6.92 Å². The second-order valence-electron chi connectivity index (χ2n) is 5.59. The van der Waals surface area contributed by atoms with Gasteiger partial charge in [0.15, 0.2) is 0 Å². The molecule has 1 aromatic rings. The molecule has 0 aromatic carbocycles. The van der Waals surface area contributed by atoms with Gasteiger partial charge in [0.1, 0.15) is 12.2 Å². The molecule has 1 aromatic heterocycles. The summed E-state index contributed by atoms with van der Waals surface area (Å²) in [6, 6.07) is 0. The molecule has 1 unspecified atom stereocenters. The maximum Gasteiger partial charge on any atom is 0.237 e. The Balaban J connectivity index is 1.89. The molecule has 7 heteroatoms. The fourth-order valence-corrected chi connectivity index (χ4v) is 2.39. The van der Waals surface area contributed by atoms with Gasteiger partial charge in [-0.3, -0.25) is 9.69 Å². The molecular formula is C13H24N6O. The van der Waals surface area contributed by atoms with E-state index in [1.165, 1.54) is 0 Å². The molecule has 1 aliphatic rings. The van der Waals surface area contributed by atoms with Gasteiger partial charge >= 0.3 is 0 Å². The summed E-state index contributed by atoms with van der Waals surface area (Å²) in [6.45, 7) is 8.22. The summed E-state index contributed by atoms with van der Waals surface area (Å²) >= 11 is 0. The Kier molecular flexibility index (Phi) is 4.72. The molecule has 7 nitrogen and oxygen atoms in total. The molecule has 0 radical (unpaired) electrons. The van der Waals surface area contributed by atoms with Crippen molar-refractivity contribution in [2.75, 3.05) is 19.6 Å². The van der Waals surface area contributed by atoms with Crippen LogP contribution in [0.25, 0.3) is 0 Å². The number of carbonyl (C=O) groups excluding carboxylic acids is 1. The predicted octanol–water partition coefficient (Wildman–Crippen LogP) is -0.273. The zero-order valence-electron chi connectivity index (χ0n) is 12.3. The first-order valence-corrected chi connectivity index (χ1v) is 7.19. The third-order valence-electron chi connectivity index (χ3n) is 3.95. The summed E-state index contributed by atoms with van der Waals surface area (Å²) in [5.41, 5.74) is 4.90. The number of nitrogens with one attached hydrogen (secondary N) is 1. The number of nitrogens with zero attached hydrogens (tertiary/aromatic N) is 4. The van der Waals surface area contributed by atoms with Crippen LogP contribution < -0.4 is 11.1 Å². The van der Waals surface area contributed by atoms with Crippen molar-refractivity contribution in [3.63, 3.8) is 0 Å². The van der Waals surface area contributed by atoms with E-state index in [0.29, 0.717) is 6.42 Å². The Morgan fingerprint density at radius 2 is 2.35 bits per heavy atom. The predicted molar refractivity (Wildman–Crippen MR) is 75.8 cm³/mol. The summed E-state index contributed by atoms with van der Waals surface area (Å²) < 4.78 is 2.07. The number of carbonyl (C=O) groups is 1. The first kappa shape index (κ1) is 14.9. The number of fused-ring (bicyclic) bond motifs is 1. The largest absolute Gasteiger partial charge is 0.368 e. The molecule has 0 saturated carbocycles. The van der Waals surface area contributed by atoms with Crippen molar-refractivity contribution in [3.05, 3.63) is 12.2 Å². The fourth-order valence-electron chi connectivity index (χ4n) is 2.39. The summed E-state index contributed by atoms with van der Waals surface area (Å²) in [5.74, 6) is 0.699. The van der Waals surface area contributed by atoms with Crippen molar-refractivity contribution < 1.29 is 4.79 Å². The van der Waals surface area contributed by atoms with Gasteiger partial charge in [-0.05, 0) is 26.3 Å². The number of aromatic nitrogens is 3. The number of nitrogens with two attached hydrogens (primary N) is 1. The van der Waals surface area contributed by atoms with E-state index >= 15 is 0 Å². The van der Waals surface area contributed by atoms with Crippen molar-refractivity contribution in [3.8, 4) is 0 Å². The second-order valence-corrected chi connectivity index (χ2v) is 5.59. The Hall–Kier alpha value is -1.47. The summed E-state index contributed by atoms with van der Waals surface area (Å²) in [7, 11) is 0. The van der Waals surface area contributed by atoms with Crippen molar-refractivity contribution in [1.29, 1.82) is 0 Å². The lowest BCUT2D eigenvalue weighted by atomic mass is 9.96. The monoisotopic (exact) mass is 280 g/mol. The molecule has 1 amide bonds. The number of amides is 1. The fraction of sp³-hybridized carbons (Fsp3) is 0.769. The molecule has 112 valence electrons. The molecular weight excluding hydrogens is 256 g/mol. The highest BCUT2D eigenvalue weighted by Gasteiger charge is 2.31. The first-order chi connectivity index (χ1) is 9.55. The zero-order valence-corrected chi connectivity index (χ0v) is 12.3. The van der Waals surface area contributed by atoms with E-state index in [2.05, 4.69) is 31.9 Å². The van der Waals surface area contributed by atoms with Gasteiger partial charge in [0, 0.05) is 19.6 Å². The quantitative estimate of drug-likeness (QED) is 0.717. The SMILES string of the molecule is CCCNC(C)(CCN1CCn2cnnc2C1)C(N)=O. The molecule has 0 saturated heterocycles. The molecule has 0 spiro atoms. The van der Waals surface area contributed by atoms with Crippen LogP contribution in [0.2, 0.25) is 0 Å². The average Bonchev–Trinajstić information content (AvgIpc) is 2.90. The zero-order chi connectivity index (χ0) is 14.6. The lowest BCUT2D eigenvalue weighted by Crippen LogP contribution is -2.55. The lowest BCUT2D eigenvalue weighted by molar-refractivity contribution is -0.124. The number of primary amides is 1. The third-order valence-corrected chi connectivity index (χ3v) is 3.95. The highest BCUT2D eigenvalue weighted by molar-refractivity contribution is 5.84. The first-order valence-electron chi connectivity index (χ1n) is 7.19. The number of hydrogen-bond acceptors (Lipinski definition) is 5. The van der Waals surface area contributed by atoms with Crippen LogP contribution in [-0.2, 0) is 17.9 Å². The lowest BCUT2D eigenvalue weighted by Gasteiger charge is -2.32. The van der Waals surface area contributed by atoms with Crippen LogP contribution in [0.3, 0.4) is 0 Å². The van der Waals surface area contributed by atoms with Crippen molar-refractivity contribution in [2.24, 2.45) is 5.73 Å². The van der Waals surface area contributed by atoms with Crippen molar-refractivity contribution in [1.82, 2.24) is 25.0 Å². The Morgan fingerprint density at radius 3 is 3.05 bits per heavy atom. The van der Waals surface area contributed by atoms with Gasteiger partial charge in [0.2, 0.25) is 5.91 Å². The molecule has 3 N–H and O–H groups in total. The maximum atomic E-state index is 11.7. The van der Waals surface area contributed by atoms with Gasteiger partial charge < -0.3 is 15.6 Å². The number of rotatable bonds is 7. The van der Waals surface area contributed by atoms with Gasteiger partial charge in [0.25, 0.3) is 0 Å². The van der Waals surface area contributed by atoms with Gasteiger partial charge in [-0.2, -0.15) is 0 Å². The average molecular weight is 280 g/mol. The van der Waals surface area contributed by atoms with Crippen LogP contribution in [0.5, 0.6) is 0 Å². The second kappa shape index (κ2) is 6.32. The Labute approximate surface area is 119 Å². The number of hydrogen-bond donors (Lipinski definition) is 2. The minimum atomic E-state index is -0.638. The smallest absolute Gasteiger partial charge is 0.237 e. The molecule has 0 fully saturated rings. The van der Waals surface area contributed by atoms with Crippen molar-refractivity contribution >= 4 is 5.91 Å². The molecule has 0 bridgehead atoms. The summed E-state index contributed by atoms with van der Waals surface area (Å²) in [6.07, 6.45) is 3.45. The van der Waals surface area contributed by atoms with Crippen LogP contribution in [0.1, 0.15) is 32.5 Å². The van der Waals surface area contributed by atoms with E-state index in [0.717, 1.165) is 45.0 Å². The Morgan fingerprint density at radius 1 is 1.55 bits per heavy atom. The highest BCUT2D eigenvalue weighted by atomic mass is 16.1. The molecule has 0 aliphatic carbocycles. The highest BCUT2D eigenvalue weighted by Crippen LogP contribution is 2.14. The van der Waals surface area contributed by atoms with Gasteiger partial charge in [0.05, 0.1) is 12.1 Å². The maximum absolute atomic E-state index is 11.7. The van der Waals surface area contributed by atoms with E-state index in [9.17, 15) is 4.79 Å². The summed E-state index contributed by atoms with van der Waals surface area (Å²) in [4.78, 5) is 14.0. The topological polar surface area (TPSA) is 89.1 Å². The summed E-state index contributed by atoms with van der Waals surface area (Å²) in [5, 5.41) is 11.3. The van der Waals surface area contributed by atoms with E-state index in [4.69, 9.17) is 5.73 Å². The van der Waals surface area contributed by atoms with Gasteiger partial charge in [-0.25, -0.2) is 0 Å². The molecule has 1 aliphatic heterocycles. The van der Waals surface area contributed by atoms with Crippen molar-refractivity contribution in [2.45, 2.75) is 45.3 Å². The molecule has 1 atom stereocenters. The molecule has 20 heavy (non-hydrogen) atoms.